The Morgan fingerprint density at radius 2 is 1.81 bits per heavy atom. The number of phenolic OH excluding ortho intramolecular Hbond substituents is 1. The second kappa shape index (κ2) is 8.59. The van der Waals surface area contributed by atoms with Crippen LogP contribution in [0.5, 0.6) is 5.75 Å². The molecule has 5 rings (SSSR count). The fourth-order valence-corrected chi connectivity index (χ4v) is 5.78. The Labute approximate surface area is 211 Å². The first-order chi connectivity index (χ1) is 17.6. The number of rotatable bonds is 4. The van der Waals surface area contributed by atoms with Gasteiger partial charge in [0.05, 0.1) is 11.9 Å². The molecule has 1 saturated carbocycles. The highest BCUT2D eigenvalue weighted by Gasteiger charge is 2.60. The predicted molar refractivity (Wildman–Crippen MR) is 135 cm³/mol. The molecule has 3 atom stereocenters. The van der Waals surface area contributed by atoms with Crippen molar-refractivity contribution < 1.29 is 34.8 Å². The highest BCUT2D eigenvalue weighted by atomic mass is 16.3. The van der Waals surface area contributed by atoms with E-state index in [1.54, 1.807) is 19.5 Å². The van der Waals surface area contributed by atoms with Gasteiger partial charge in [-0.1, -0.05) is 18.2 Å². The number of carbonyl (C=O) groups is 3. The molecular weight excluding hydrogens is 478 g/mol. The molecule has 10 heteroatoms. The van der Waals surface area contributed by atoms with E-state index in [0.29, 0.717) is 5.56 Å². The minimum Gasteiger partial charge on any atom is -0.508 e. The van der Waals surface area contributed by atoms with Crippen LogP contribution >= 0.6 is 0 Å². The summed E-state index contributed by atoms with van der Waals surface area (Å²) in [6.07, 6.45) is 1.51. The van der Waals surface area contributed by atoms with Crippen molar-refractivity contribution in [3.63, 3.8) is 0 Å². The molecule has 1 fully saturated rings. The number of nitrogens with two attached hydrogens (primary N) is 1. The summed E-state index contributed by atoms with van der Waals surface area (Å²) in [6, 6.07) is 10.6. The second-order valence-corrected chi connectivity index (χ2v) is 9.50. The lowest BCUT2D eigenvalue weighted by Gasteiger charge is -2.46. The molecule has 2 aromatic carbocycles. The van der Waals surface area contributed by atoms with Crippen LogP contribution in [0.2, 0.25) is 0 Å². The molecule has 7 N–H and O–H groups in total. The minimum atomic E-state index is -2.58. The number of nitrogens with one attached hydrogen (secondary N) is 1. The third kappa shape index (κ3) is 3.52. The molecule has 10 nitrogen and oxygen atoms in total. The second-order valence-electron chi connectivity index (χ2n) is 9.50. The van der Waals surface area contributed by atoms with Gasteiger partial charge in [-0.15, -0.1) is 0 Å². The zero-order valence-electron chi connectivity index (χ0n) is 19.9. The van der Waals surface area contributed by atoms with Crippen LogP contribution in [0.4, 0.5) is 5.69 Å². The number of Topliss-reactive ketones (excluding diaryl/α,β-unsaturated/α-hetero) is 2. The largest absolute Gasteiger partial charge is 0.508 e. The first-order valence-electron chi connectivity index (χ1n) is 11.7. The maximum atomic E-state index is 13.6. The Kier molecular flexibility index (Phi) is 5.64. The number of hydrogen-bond donors (Lipinski definition) is 6. The summed E-state index contributed by atoms with van der Waals surface area (Å²) in [6.45, 7) is 0. The van der Waals surface area contributed by atoms with Gasteiger partial charge < -0.3 is 31.5 Å². The quantitative estimate of drug-likeness (QED) is 0.208. The first kappa shape index (κ1) is 24.3. The van der Waals surface area contributed by atoms with Gasteiger partial charge in [0.1, 0.15) is 22.8 Å². The van der Waals surface area contributed by atoms with Crippen LogP contribution in [-0.2, 0) is 20.8 Å². The number of primary amides is 1. The summed E-state index contributed by atoms with van der Waals surface area (Å²) in [5.41, 5.74) is 4.70. The zero-order chi connectivity index (χ0) is 26.6. The molecular formula is C27H25N3O7. The van der Waals surface area contributed by atoms with Crippen LogP contribution in [0.15, 0.2) is 58.3 Å². The van der Waals surface area contributed by atoms with Gasteiger partial charge in [0.2, 0.25) is 5.78 Å². The number of amides is 1. The number of aliphatic imine (C=N–C) groups is 1. The van der Waals surface area contributed by atoms with Gasteiger partial charge in [-0.05, 0) is 53.6 Å². The van der Waals surface area contributed by atoms with Gasteiger partial charge in [0, 0.05) is 30.6 Å². The number of phenols is 1. The van der Waals surface area contributed by atoms with E-state index in [4.69, 9.17) is 5.73 Å². The molecule has 190 valence electrons. The third-order valence-electron chi connectivity index (χ3n) is 7.50. The van der Waals surface area contributed by atoms with E-state index < -0.39 is 52.0 Å². The van der Waals surface area contributed by atoms with Crippen LogP contribution < -0.4 is 11.1 Å². The van der Waals surface area contributed by atoms with E-state index in [1.807, 2.05) is 24.3 Å². The number of anilines is 1. The summed E-state index contributed by atoms with van der Waals surface area (Å²) in [4.78, 5) is 41.7. The monoisotopic (exact) mass is 503 g/mol. The summed E-state index contributed by atoms with van der Waals surface area (Å²) >= 11 is 0. The number of aliphatic hydroxyl groups is 3. The molecule has 37 heavy (non-hydrogen) atoms. The fraction of sp³-hybridized carbons (Fsp3) is 0.259. The van der Waals surface area contributed by atoms with Crippen molar-refractivity contribution in [1.82, 2.24) is 0 Å². The standard InChI is InChI=1S/C27H25N3O7/c1-29-11-30-15-4-2-12(3-5-15)16-6-7-18(31)21-17(16)9-13-8-14-10-19(32)22(26(28)36)25(35)27(14,37)24(34)20(13)23(21)33/h2-7,11,13-14,31,33,35,37H,8-10H2,1H3,(H2,28,36)(H,29,30)/t13-,14+,27+/m1/s1. The summed E-state index contributed by atoms with van der Waals surface area (Å²) < 4.78 is 0. The Balaban J connectivity index is 1.63. The van der Waals surface area contributed by atoms with E-state index in [-0.39, 0.29) is 36.1 Å². The lowest BCUT2D eigenvalue weighted by molar-refractivity contribution is -0.147. The lowest BCUT2D eigenvalue weighted by atomic mass is 9.59. The van der Waals surface area contributed by atoms with Crippen LogP contribution in [0.1, 0.15) is 24.0 Å². The Morgan fingerprint density at radius 3 is 2.46 bits per heavy atom. The SMILES string of the molecule is CN=CNc1ccc(-c2ccc(O)c3c2C[C@H]2C[C@H]4CC(=O)C(C(N)=O)=C(O)[C@@]4(O)C(=O)C2=C3O)cc1. The van der Waals surface area contributed by atoms with Crippen molar-refractivity contribution in [1.29, 1.82) is 0 Å². The average Bonchev–Trinajstić information content (AvgIpc) is 2.85. The van der Waals surface area contributed by atoms with Gasteiger partial charge in [-0.3, -0.25) is 19.4 Å². The summed E-state index contributed by atoms with van der Waals surface area (Å²) in [5.74, 6) is -6.46. The van der Waals surface area contributed by atoms with E-state index in [9.17, 15) is 34.8 Å². The molecule has 0 bridgehead atoms. The van der Waals surface area contributed by atoms with Crippen LogP contribution in [0.3, 0.4) is 0 Å². The maximum absolute atomic E-state index is 13.6. The number of fused-ring (bicyclic) bond motifs is 3. The Bertz CT molecular complexity index is 1460. The normalized spacial score (nSPS) is 25.1. The molecule has 0 aliphatic heterocycles. The molecule has 0 radical (unpaired) electrons. The Hall–Kier alpha value is -4.44. The van der Waals surface area contributed by atoms with E-state index >= 15 is 0 Å². The van der Waals surface area contributed by atoms with Gasteiger partial charge in [-0.2, -0.15) is 0 Å². The van der Waals surface area contributed by atoms with Crippen LogP contribution in [-0.4, -0.2) is 56.9 Å². The highest BCUT2D eigenvalue weighted by Crippen LogP contribution is 2.53. The summed E-state index contributed by atoms with van der Waals surface area (Å²) in [7, 11) is 1.65. The Morgan fingerprint density at radius 1 is 1.11 bits per heavy atom. The van der Waals surface area contributed by atoms with E-state index in [0.717, 1.165) is 16.8 Å². The van der Waals surface area contributed by atoms with Crippen LogP contribution in [0, 0.1) is 11.8 Å². The summed E-state index contributed by atoms with van der Waals surface area (Å²) in [5, 5.41) is 46.9. The van der Waals surface area contributed by atoms with E-state index in [1.165, 1.54) is 6.07 Å². The van der Waals surface area contributed by atoms with Crippen molar-refractivity contribution in [3.8, 4) is 16.9 Å². The average molecular weight is 504 g/mol. The molecule has 0 aromatic heterocycles. The molecule has 1 amide bonds. The number of benzene rings is 2. The number of carbonyl (C=O) groups excluding carboxylic acids is 3. The molecule has 0 spiro atoms. The smallest absolute Gasteiger partial charge is 0.255 e. The van der Waals surface area contributed by atoms with Gasteiger partial charge in [0.15, 0.2) is 11.4 Å². The lowest BCUT2D eigenvalue weighted by Crippen LogP contribution is -2.58. The fourth-order valence-electron chi connectivity index (χ4n) is 5.78. The number of aromatic hydroxyl groups is 1. The molecule has 0 saturated heterocycles. The number of ketones is 2. The number of nitrogens with zero attached hydrogens (tertiary/aromatic N) is 1. The van der Waals surface area contributed by atoms with Gasteiger partial charge >= 0.3 is 0 Å². The van der Waals surface area contributed by atoms with Gasteiger partial charge in [0.25, 0.3) is 5.91 Å². The number of aliphatic hydroxyl groups excluding tert-OH is 2. The topological polar surface area (TPSA) is 183 Å². The first-order valence-corrected chi connectivity index (χ1v) is 11.7. The van der Waals surface area contributed by atoms with Crippen LogP contribution in [0.25, 0.3) is 16.9 Å². The molecule has 0 heterocycles. The van der Waals surface area contributed by atoms with Crippen molar-refractivity contribution in [2.45, 2.75) is 24.9 Å². The van der Waals surface area contributed by atoms with Crippen molar-refractivity contribution in [3.05, 3.63) is 64.4 Å². The minimum absolute atomic E-state index is 0.0601. The molecule has 3 aliphatic carbocycles. The highest BCUT2D eigenvalue weighted by molar-refractivity contribution is 6.22. The van der Waals surface area contributed by atoms with Gasteiger partial charge in [-0.25, -0.2) is 0 Å². The molecule has 0 unspecified atom stereocenters. The van der Waals surface area contributed by atoms with Crippen molar-refractivity contribution in [2.24, 2.45) is 22.6 Å². The maximum Gasteiger partial charge on any atom is 0.255 e. The van der Waals surface area contributed by atoms with Crippen molar-refractivity contribution in [2.75, 3.05) is 12.4 Å². The molecule has 2 aromatic rings. The number of hydrogen-bond acceptors (Lipinski definition) is 8. The molecule has 3 aliphatic rings. The zero-order valence-corrected chi connectivity index (χ0v) is 19.9. The van der Waals surface area contributed by atoms with Crippen molar-refractivity contribution >= 4 is 35.3 Å². The third-order valence-corrected chi connectivity index (χ3v) is 7.50. The predicted octanol–water partition coefficient (Wildman–Crippen LogP) is 2.16. The van der Waals surface area contributed by atoms with E-state index in [2.05, 4.69) is 10.3 Å².